The number of benzene rings is 2. The molecule has 2 N–H and O–H groups in total. The summed E-state index contributed by atoms with van der Waals surface area (Å²) < 4.78 is 24.8. The fraction of sp³-hybridized carbons (Fsp3) is 0.200. The first kappa shape index (κ1) is 23.5. The molecule has 0 fully saturated rings. The third-order valence-electron chi connectivity index (χ3n) is 4.60. The lowest BCUT2D eigenvalue weighted by Crippen LogP contribution is -2.42. The lowest BCUT2D eigenvalue weighted by Gasteiger charge is -2.12. The largest absolute Gasteiger partial charge is 0.290 e. The summed E-state index contributed by atoms with van der Waals surface area (Å²) in [5.41, 5.74) is 2.81. The molecule has 0 saturated carbocycles. The minimum Gasteiger partial charge on any atom is -0.267 e. The Hall–Kier alpha value is -4.13. The lowest BCUT2D eigenvalue weighted by atomic mass is 10.1. The Kier molecular flexibility index (Phi) is 6.53. The summed E-state index contributed by atoms with van der Waals surface area (Å²) in [6.45, 7) is 2.12. The van der Waals surface area contributed by atoms with Crippen LogP contribution in [0.25, 0.3) is 10.8 Å². The Balaban J connectivity index is 1.92. The van der Waals surface area contributed by atoms with Crippen molar-refractivity contribution in [3.05, 3.63) is 74.2 Å². The van der Waals surface area contributed by atoms with Gasteiger partial charge < -0.3 is 0 Å². The maximum Gasteiger partial charge on any atom is 0.290 e. The molecule has 0 aliphatic carbocycles. The molecule has 1 heterocycles. The number of rotatable bonds is 6. The van der Waals surface area contributed by atoms with Gasteiger partial charge in [-0.15, -0.1) is 0 Å². The molecule has 2 amide bonds. The van der Waals surface area contributed by atoms with Gasteiger partial charge in [-0.25, -0.2) is 13.1 Å². The van der Waals surface area contributed by atoms with E-state index in [4.69, 9.17) is 0 Å². The van der Waals surface area contributed by atoms with Crippen LogP contribution in [-0.2, 0) is 16.4 Å². The third-order valence-corrected chi connectivity index (χ3v) is 5.69. The number of aryl methyl sites for hydroxylation is 1. The Labute approximate surface area is 187 Å². The quantitative estimate of drug-likeness (QED) is 0.397. The van der Waals surface area contributed by atoms with Gasteiger partial charge in [-0.2, -0.15) is 5.10 Å². The Morgan fingerprint density at radius 1 is 1.09 bits per heavy atom. The highest BCUT2D eigenvalue weighted by molar-refractivity contribution is 7.90. The number of nitrogens with one attached hydrogen (secondary N) is 2. The predicted octanol–water partition coefficient (Wildman–Crippen LogP) is 1.19. The van der Waals surface area contributed by atoms with Gasteiger partial charge >= 0.3 is 0 Å². The van der Waals surface area contributed by atoms with E-state index in [-0.39, 0.29) is 34.1 Å². The fourth-order valence-corrected chi connectivity index (χ4v) is 3.72. The van der Waals surface area contributed by atoms with Gasteiger partial charge in [-0.05, 0) is 18.6 Å². The van der Waals surface area contributed by atoms with Crippen molar-refractivity contribution >= 4 is 38.1 Å². The molecule has 0 atom stereocenters. The molecule has 3 aromatic rings. The molecule has 1 aromatic heterocycles. The van der Waals surface area contributed by atoms with Crippen molar-refractivity contribution in [1.29, 1.82) is 0 Å². The maximum absolute atomic E-state index is 12.8. The zero-order valence-corrected chi connectivity index (χ0v) is 18.4. The maximum atomic E-state index is 12.8. The molecule has 0 unspecified atom stereocenters. The highest BCUT2D eigenvalue weighted by Gasteiger charge is 2.21. The van der Waals surface area contributed by atoms with Gasteiger partial charge in [0.05, 0.1) is 15.2 Å². The van der Waals surface area contributed by atoms with Gasteiger partial charge in [-0.3, -0.25) is 35.3 Å². The number of hydrazine groups is 1. The molecule has 0 saturated heterocycles. The van der Waals surface area contributed by atoms with Crippen LogP contribution in [0.5, 0.6) is 0 Å². The van der Waals surface area contributed by atoms with Crippen molar-refractivity contribution in [3.63, 3.8) is 0 Å². The number of nitro groups is 1. The van der Waals surface area contributed by atoms with E-state index in [9.17, 15) is 32.9 Å². The van der Waals surface area contributed by atoms with Crippen LogP contribution < -0.4 is 16.4 Å². The monoisotopic (exact) mass is 473 g/mol. The summed E-state index contributed by atoms with van der Waals surface area (Å²) in [5, 5.41) is 15.8. The van der Waals surface area contributed by atoms with Crippen LogP contribution in [0.4, 0.5) is 5.69 Å². The summed E-state index contributed by atoms with van der Waals surface area (Å²) in [6, 6.07) is 9.03. The second kappa shape index (κ2) is 9.16. The van der Waals surface area contributed by atoms with Crippen molar-refractivity contribution in [2.75, 3.05) is 6.26 Å². The van der Waals surface area contributed by atoms with E-state index in [1.807, 2.05) is 6.92 Å². The number of amides is 2. The number of fused-ring (bicyclic) bond motifs is 1. The second-order valence-electron chi connectivity index (χ2n) is 7.08. The summed E-state index contributed by atoms with van der Waals surface area (Å²) in [7, 11) is -3.84. The van der Waals surface area contributed by atoms with Crippen molar-refractivity contribution in [2.45, 2.75) is 24.8 Å². The predicted molar refractivity (Wildman–Crippen MR) is 117 cm³/mol. The summed E-state index contributed by atoms with van der Waals surface area (Å²) in [4.78, 5) is 47.7. The Morgan fingerprint density at radius 2 is 1.73 bits per heavy atom. The average molecular weight is 473 g/mol. The number of nitro benzene ring substituents is 1. The first-order valence-electron chi connectivity index (χ1n) is 9.63. The molecule has 0 spiro atoms. The molecular formula is C20H19N5O7S. The number of carbonyl (C=O) groups excluding carboxylic acids is 2. The zero-order valence-electron chi connectivity index (χ0n) is 17.6. The number of aromatic nitrogens is 2. The average Bonchev–Trinajstić information content (AvgIpc) is 2.78. The first-order chi connectivity index (χ1) is 15.5. The van der Waals surface area contributed by atoms with Crippen LogP contribution in [0, 0.1) is 10.1 Å². The van der Waals surface area contributed by atoms with Gasteiger partial charge in [0.1, 0.15) is 0 Å². The fourth-order valence-electron chi connectivity index (χ4n) is 3.05. The standard InChI is InChI=1S/C20H19N5O7S/c1-3-8-24-20(28)16-7-5-4-6-15(16)17(23-24)19(27)22-21-18(26)12-9-13(25(29)30)11-14(10-12)33(2,31)32/h4-7,9-11H,3,8H2,1-2H3,(H,21,26)(H,22,27). The summed E-state index contributed by atoms with van der Waals surface area (Å²) >= 11 is 0. The van der Waals surface area contributed by atoms with Crippen molar-refractivity contribution < 1.29 is 22.9 Å². The Morgan fingerprint density at radius 3 is 2.33 bits per heavy atom. The van der Waals surface area contributed by atoms with Gasteiger partial charge in [0.2, 0.25) is 0 Å². The van der Waals surface area contributed by atoms with E-state index in [2.05, 4.69) is 16.0 Å². The van der Waals surface area contributed by atoms with Crippen molar-refractivity contribution in [1.82, 2.24) is 20.6 Å². The highest BCUT2D eigenvalue weighted by Crippen LogP contribution is 2.21. The van der Waals surface area contributed by atoms with E-state index in [0.29, 0.717) is 6.42 Å². The molecule has 0 radical (unpaired) electrons. The molecule has 0 aliphatic rings. The molecule has 33 heavy (non-hydrogen) atoms. The third kappa shape index (κ3) is 5.03. The molecule has 12 nitrogen and oxygen atoms in total. The highest BCUT2D eigenvalue weighted by atomic mass is 32.2. The van der Waals surface area contributed by atoms with Gasteiger partial charge in [0, 0.05) is 35.9 Å². The van der Waals surface area contributed by atoms with E-state index in [1.165, 1.54) is 6.07 Å². The normalized spacial score (nSPS) is 11.2. The number of hydrogen-bond acceptors (Lipinski definition) is 8. The molecule has 0 aliphatic heterocycles. The number of hydrogen-bond donors (Lipinski definition) is 2. The smallest absolute Gasteiger partial charge is 0.267 e. The van der Waals surface area contributed by atoms with Crippen LogP contribution >= 0.6 is 0 Å². The molecule has 13 heteroatoms. The van der Waals surface area contributed by atoms with Gasteiger partial charge in [0.15, 0.2) is 15.5 Å². The Bertz CT molecular complexity index is 1450. The van der Waals surface area contributed by atoms with E-state index < -0.39 is 37.2 Å². The number of sulfone groups is 1. The van der Waals surface area contributed by atoms with Crippen molar-refractivity contribution in [2.24, 2.45) is 0 Å². The number of nitrogens with zero attached hydrogens (tertiary/aromatic N) is 3. The lowest BCUT2D eigenvalue weighted by molar-refractivity contribution is -0.385. The second-order valence-corrected chi connectivity index (χ2v) is 9.09. The van der Waals surface area contributed by atoms with E-state index in [0.717, 1.165) is 29.1 Å². The van der Waals surface area contributed by atoms with Crippen LogP contribution in [-0.4, -0.2) is 41.2 Å². The number of carbonyl (C=O) groups is 2. The van der Waals surface area contributed by atoms with Crippen LogP contribution in [0.1, 0.15) is 34.2 Å². The first-order valence-corrected chi connectivity index (χ1v) is 11.5. The van der Waals surface area contributed by atoms with Crippen molar-refractivity contribution in [3.8, 4) is 0 Å². The van der Waals surface area contributed by atoms with Gasteiger partial charge in [0.25, 0.3) is 23.1 Å². The molecule has 3 rings (SSSR count). The minimum atomic E-state index is -3.84. The zero-order chi connectivity index (χ0) is 24.3. The molecule has 172 valence electrons. The molecule has 2 aromatic carbocycles. The van der Waals surface area contributed by atoms with Crippen LogP contribution in [0.2, 0.25) is 0 Å². The molecule has 0 bridgehead atoms. The van der Waals surface area contributed by atoms with Crippen LogP contribution in [0.15, 0.2) is 52.2 Å². The van der Waals surface area contributed by atoms with E-state index in [1.54, 1.807) is 18.2 Å². The topological polar surface area (TPSA) is 170 Å². The number of non-ortho nitro benzene ring substituents is 1. The molecular weight excluding hydrogens is 454 g/mol. The summed E-state index contributed by atoms with van der Waals surface area (Å²) in [5.74, 6) is -1.82. The van der Waals surface area contributed by atoms with Gasteiger partial charge in [-0.1, -0.05) is 25.1 Å². The summed E-state index contributed by atoms with van der Waals surface area (Å²) in [6.07, 6.45) is 1.44. The van der Waals surface area contributed by atoms with E-state index >= 15 is 0 Å². The van der Waals surface area contributed by atoms with Crippen LogP contribution in [0.3, 0.4) is 0 Å². The minimum absolute atomic E-state index is 0.116. The SMILES string of the molecule is CCCn1nc(C(=O)NNC(=O)c2cc([N+](=O)[O-])cc(S(C)(=O)=O)c2)c2ccccc2c1=O.